The first-order valence-electron chi connectivity index (χ1n) is 13.5. The van der Waals surface area contributed by atoms with E-state index in [0.29, 0.717) is 72.7 Å². The minimum atomic E-state index is -0.161. The van der Waals surface area contributed by atoms with E-state index in [2.05, 4.69) is 78.3 Å². The van der Waals surface area contributed by atoms with E-state index in [1.807, 2.05) is 0 Å². The molecule has 9 nitrogen and oxygen atoms in total. The van der Waals surface area contributed by atoms with Gasteiger partial charge in [0.2, 0.25) is 0 Å². The van der Waals surface area contributed by atoms with Gasteiger partial charge < -0.3 is 44.4 Å². The van der Waals surface area contributed by atoms with Gasteiger partial charge in [0, 0.05) is 36.3 Å². The van der Waals surface area contributed by atoms with E-state index in [1.165, 1.54) is 0 Å². The first-order chi connectivity index (χ1) is 16.8. The quantitative estimate of drug-likeness (QED) is 0.176. The summed E-state index contributed by atoms with van der Waals surface area (Å²) in [5, 5.41) is 10.2. The van der Waals surface area contributed by atoms with E-state index in [-0.39, 0.29) is 22.7 Å². The van der Waals surface area contributed by atoms with Crippen molar-refractivity contribution in [2.75, 3.05) is 92.3 Å². The molecule has 9 heteroatoms. The predicted octanol–water partition coefficient (Wildman–Crippen LogP) is 2.62. The van der Waals surface area contributed by atoms with Crippen molar-refractivity contribution in [3.05, 3.63) is 0 Å². The van der Waals surface area contributed by atoms with Gasteiger partial charge in [0.05, 0.1) is 72.7 Å². The van der Waals surface area contributed by atoms with Crippen molar-refractivity contribution in [2.45, 2.75) is 85.0 Å². The van der Waals surface area contributed by atoms with E-state index in [4.69, 9.17) is 28.4 Å². The number of ether oxygens (including phenoxy) is 6. The fraction of sp³-hybridized carbons (Fsp3) is 1.00. The summed E-state index contributed by atoms with van der Waals surface area (Å²) in [5.41, 5.74) is 0.302. The fourth-order valence-corrected chi connectivity index (χ4v) is 2.88. The van der Waals surface area contributed by atoms with Crippen LogP contribution in [0.3, 0.4) is 0 Å². The van der Waals surface area contributed by atoms with Crippen molar-refractivity contribution in [1.82, 2.24) is 16.0 Å². The van der Waals surface area contributed by atoms with Gasteiger partial charge in [-0.05, 0) is 62.3 Å². The second kappa shape index (κ2) is 20.6. The van der Waals surface area contributed by atoms with E-state index in [9.17, 15) is 0 Å². The predicted molar refractivity (Wildman–Crippen MR) is 147 cm³/mol. The van der Waals surface area contributed by atoms with E-state index >= 15 is 0 Å². The fourth-order valence-electron chi connectivity index (χ4n) is 2.88. The maximum atomic E-state index is 5.96. The summed E-state index contributed by atoms with van der Waals surface area (Å²) in [6.45, 7) is 27.8. The Morgan fingerprint density at radius 2 is 0.722 bits per heavy atom. The van der Waals surface area contributed by atoms with Crippen LogP contribution in [0.1, 0.15) is 62.3 Å². The Bertz CT molecular complexity index is 459. The molecule has 0 atom stereocenters. The molecule has 0 heterocycles. The summed E-state index contributed by atoms with van der Waals surface area (Å²) in [7, 11) is 0. The van der Waals surface area contributed by atoms with Crippen molar-refractivity contribution < 1.29 is 28.4 Å². The Morgan fingerprint density at radius 1 is 0.417 bits per heavy atom. The SMILES string of the molecule is CC(C)(C)NCCOCCOCC(COCCOCCNC(C)(C)C)OCCOCCNC(C)(C)C. The number of rotatable bonds is 23. The molecule has 218 valence electrons. The van der Waals surface area contributed by atoms with Crippen LogP contribution in [0.25, 0.3) is 0 Å². The largest absolute Gasteiger partial charge is 0.378 e. The van der Waals surface area contributed by atoms with Crippen LogP contribution in [0.15, 0.2) is 0 Å². The number of hydrogen-bond donors (Lipinski definition) is 3. The van der Waals surface area contributed by atoms with Gasteiger partial charge in [-0.15, -0.1) is 0 Å². The van der Waals surface area contributed by atoms with Crippen LogP contribution in [0.4, 0.5) is 0 Å². The zero-order valence-corrected chi connectivity index (χ0v) is 24.9. The van der Waals surface area contributed by atoms with Crippen molar-refractivity contribution >= 4 is 0 Å². The van der Waals surface area contributed by atoms with Gasteiger partial charge >= 0.3 is 0 Å². The van der Waals surface area contributed by atoms with Gasteiger partial charge in [-0.3, -0.25) is 0 Å². The maximum absolute atomic E-state index is 5.96. The molecule has 0 aliphatic heterocycles. The van der Waals surface area contributed by atoms with E-state index in [1.54, 1.807) is 0 Å². The summed E-state index contributed by atoms with van der Waals surface area (Å²) in [4.78, 5) is 0. The second-order valence-corrected chi connectivity index (χ2v) is 12.0. The molecule has 0 aliphatic carbocycles. The molecule has 0 spiro atoms. The molecular weight excluding hydrogens is 462 g/mol. The summed E-state index contributed by atoms with van der Waals surface area (Å²) in [6, 6.07) is 0. The lowest BCUT2D eigenvalue weighted by atomic mass is 10.1. The Hall–Kier alpha value is -0.360. The molecule has 0 fully saturated rings. The van der Waals surface area contributed by atoms with Crippen molar-refractivity contribution in [2.24, 2.45) is 0 Å². The molecule has 36 heavy (non-hydrogen) atoms. The highest BCUT2D eigenvalue weighted by atomic mass is 16.6. The topological polar surface area (TPSA) is 91.5 Å². The molecule has 0 amide bonds. The third kappa shape index (κ3) is 29.9. The van der Waals surface area contributed by atoms with Crippen LogP contribution >= 0.6 is 0 Å². The average molecular weight is 522 g/mol. The third-order valence-electron chi connectivity index (χ3n) is 4.64. The Kier molecular flexibility index (Phi) is 20.4. The first-order valence-corrected chi connectivity index (χ1v) is 13.5. The van der Waals surface area contributed by atoms with Gasteiger partial charge in [0.1, 0.15) is 6.10 Å². The summed E-state index contributed by atoms with van der Waals surface area (Å²) < 4.78 is 34.4. The molecule has 0 bridgehead atoms. The molecular formula is C27H59N3O6. The molecule has 0 rings (SSSR count). The molecule has 0 aliphatic rings. The lowest BCUT2D eigenvalue weighted by Crippen LogP contribution is -2.38. The van der Waals surface area contributed by atoms with Gasteiger partial charge in [-0.2, -0.15) is 0 Å². The molecule has 0 aromatic rings. The van der Waals surface area contributed by atoms with Crippen molar-refractivity contribution in [3.8, 4) is 0 Å². The minimum absolute atomic E-state index is 0.0965. The van der Waals surface area contributed by atoms with Crippen LogP contribution in [0.2, 0.25) is 0 Å². The second-order valence-electron chi connectivity index (χ2n) is 12.0. The van der Waals surface area contributed by atoms with Gasteiger partial charge in [-0.1, -0.05) is 0 Å². The number of nitrogens with one attached hydrogen (secondary N) is 3. The molecule has 0 radical (unpaired) electrons. The zero-order chi connectivity index (χ0) is 27.3. The summed E-state index contributed by atoms with van der Waals surface area (Å²) in [6.07, 6.45) is -0.161. The highest BCUT2D eigenvalue weighted by molar-refractivity contribution is 4.70. The molecule has 0 saturated carbocycles. The standard InChI is InChI=1S/C27H59N3O6/c1-25(2,3)28-10-13-31-16-18-34-22-24(36-21-20-33-15-12-30-27(7,8)9)23-35-19-17-32-14-11-29-26(4,5)6/h24,28-30H,10-23H2,1-9H3. The average Bonchev–Trinajstić information content (AvgIpc) is 2.73. The van der Waals surface area contributed by atoms with Crippen LogP contribution in [-0.2, 0) is 28.4 Å². The zero-order valence-electron chi connectivity index (χ0n) is 24.9. The molecule has 0 aromatic carbocycles. The van der Waals surface area contributed by atoms with Gasteiger partial charge in [0.15, 0.2) is 0 Å². The molecule has 3 N–H and O–H groups in total. The van der Waals surface area contributed by atoms with Crippen molar-refractivity contribution in [1.29, 1.82) is 0 Å². The van der Waals surface area contributed by atoms with Crippen LogP contribution in [-0.4, -0.2) is 115 Å². The van der Waals surface area contributed by atoms with E-state index < -0.39 is 0 Å². The van der Waals surface area contributed by atoms with Crippen LogP contribution in [0.5, 0.6) is 0 Å². The Morgan fingerprint density at radius 3 is 1.06 bits per heavy atom. The molecule has 0 aromatic heterocycles. The summed E-state index contributed by atoms with van der Waals surface area (Å²) in [5.74, 6) is 0. The smallest absolute Gasteiger partial charge is 0.104 e. The van der Waals surface area contributed by atoms with Crippen LogP contribution < -0.4 is 16.0 Å². The highest BCUT2D eigenvalue weighted by Gasteiger charge is 2.12. The Labute approximate surface area is 222 Å². The van der Waals surface area contributed by atoms with Crippen LogP contribution in [0, 0.1) is 0 Å². The molecule has 0 saturated heterocycles. The lowest BCUT2D eigenvalue weighted by Gasteiger charge is -2.21. The van der Waals surface area contributed by atoms with Gasteiger partial charge in [0.25, 0.3) is 0 Å². The minimum Gasteiger partial charge on any atom is -0.378 e. The monoisotopic (exact) mass is 521 g/mol. The third-order valence-corrected chi connectivity index (χ3v) is 4.64. The molecule has 0 unspecified atom stereocenters. The van der Waals surface area contributed by atoms with E-state index in [0.717, 1.165) is 19.6 Å². The highest BCUT2D eigenvalue weighted by Crippen LogP contribution is 2.00. The summed E-state index contributed by atoms with van der Waals surface area (Å²) >= 11 is 0. The maximum Gasteiger partial charge on any atom is 0.104 e. The van der Waals surface area contributed by atoms with Crippen molar-refractivity contribution in [3.63, 3.8) is 0 Å². The number of hydrogen-bond acceptors (Lipinski definition) is 9. The first kappa shape index (κ1) is 35.6. The Balaban J connectivity index is 4.03. The lowest BCUT2D eigenvalue weighted by molar-refractivity contribution is -0.0830. The van der Waals surface area contributed by atoms with Gasteiger partial charge in [-0.25, -0.2) is 0 Å². The normalized spacial score (nSPS) is 13.2.